The van der Waals surface area contributed by atoms with Crippen LogP contribution in [0.3, 0.4) is 0 Å². The Kier molecular flexibility index (Phi) is 5.07. The molecule has 0 unspecified atom stereocenters. The monoisotopic (exact) mass is 367 g/mol. The molecule has 2 amide bonds. The number of hydrogen-bond acceptors (Lipinski definition) is 4. The van der Waals surface area contributed by atoms with Gasteiger partial charge in [0.15, 0.2) is 0 Å². The largest absolute Gasteiger partial charge is 0.393 e. The van der Waals surface area contributed by atoms with Gasteiger partial charge in [0, 0.05) is 24.5 Å². The van der Waals surface area contributed by atoms with Gasteiger partial charge >= 0.3 is 0 Å². The van der Waals surface area contributed by atoms with Crippen LogP contribution in [0.5, 0.6) is 0 Å². The van der Waals surface area contributed by atoms with Crippen LogP contribution in [0.4, 0.5) is 0 Å². The van der Waals surface area contributed by atoms with Gasteiger partial charge < -0.3 is 15.3 Å². The number of para-hydroxylation sites is 1. The molecule has 0 bridgehead atoms. The van der Waals surface area contributed by atoms with Gasteiger partial charge in [0.25, 0.3) is 0 Å². The zero-order chi connectivity index (χ0) is 18.8. The predicted octanol–water partition coefficient (Wildman–Crippen LogP) is 2.18. The van der Waals surface area contributed by atoms with Crippen molar-refractivity contribution in [3.63, 3.8) is 0 Å². The number of nitrogens with zero attached hydrogens (tertiary/aromatic N) is 2. The predicted molar refractivity (Wildman–Crippen MR) is 102 cm³/mol. The first-order valence-electron chi connectivity index (χ1n) is 9.70. The number of pyridine rings is 1. The maximum atomic E-state index is 12.6. The van der Waals surface area contributed by atoms with E-state index < -0.39 is 0 Å². The van der Waals surface area contributed by atoms with Crippen molar-refractivity contribution in [2.45, 2.75) is 44.2 Å². The smallest absolute Gasteiger partial charge is 0.240 e. The molecule has 2 heterocycles. The Morgan fingerprint density at radius 2 is 2.11 bits per heavy atom. The van der Waals surface area contributed by atoms with Crippen LogP contribution in [-0.4, -0.2) is 46.0 Å². The molecule has 1 atom stereocenters. The summed E-state index contributed by atoms with van der Waals surface area (Å²) < 4.78 is 0. The number of nitrogens with one attached hydrogen (secondary N) is 1. The molecule has 0 radical (unpaired) electrons. The summed E-state index contributed by atoms with van der Waals surface area (Å²) in [4.78, 5) is 30.8. The van der Waals surface area contributed by atoms with Crippen LogP contribution in [0, 0.1) is 5.92 Å². The van der Waals surface area contributed by atoms with E-state index in [1.54, 1.807) is 4.90 Å². The average molecular weight is 367 g/mol. The number of carbonyl (C=O) groups excluding carboxylic acids is 2. The molecular formula is C21H25N3O3. The first-order chi connectivity index (χ1) is 13.1. The number of likely N-dealkylation sites (tertiary alicyclic amines) is 1. The summed E-state index contributed by atoms with van der Waals surface area (Å²) >= 11 is 0. The first-order valence-corrected chi connectivity index (χ1v) is 9.70. The van der Waals surface area contributed by atoms with Gasteiger partial charge in [0.2, 0.25) is 11.8 Å². The number of fused-ring (bicyclic) bond motifs is 1. The van der Waals surface area contributed by atoms with Crippen LogP contribution < -0.4 is 5.32 Å². The summed E-state index contributed by atoms with van der Waals surface area (Å²) in [5, 5.41) is 13.9. The second-order valence-electron chi connectivity index (χ2n) is 7.66. The van der Waals surface area contributed by atoms with E-state index in [-0.39, 0.29) is 36.4 Å². The number of aliphatic hydroxyl groups excluding tert-OH is 1. The van der Waals surface area contributed by atoms with Crippen molar-refractivity contribution in [3.8, 4) is 0 Å². The Bertz CT molecular complexity index is 847. The molecule has 6 heteroatoms. The van der Waals surface area contributed by atoms with E-state index in [4.69, 9.17) is 0 Å². The van der Waals surface area contributed by atoms with Gasteiger partial charge in [-0.15, -0.1) is 0 Å². The van der Waals surface area contributed by atoms with Crippen molar-refractivity contribution in [2.24, 2.45) is 5.92 Å². The summed E-state index contributed by atoms with van der Waals surface area (Å²) in [5.41, 5.74) is 1.86. The van der Waals surface area contributed by atoms with Crippen LogP contribution in [0.2, 0.25) is 0 Å². The number of amides is 2. The second kappa shape index (κ2) is 7.64. The number of rotatable bonds is 5. The van der Waals surface area contributed by atoms with Crippen LogP contribution in [0.25, 0.3) is 10.9 Å². The molecule has 1 saturated heterocycles. The molecule has 27 heavy (non-hydrogen) atoms. The highest BCUT2D eigenvalue weighted by atomic mass is 16.3. The Morgan fingerprint density at radius 1 is 1.30 bits per heavy atom. The molecule has 6 nitrogen and oxygen atoms in total. The molecule has 1 aliphatic heterocycles. The van der Waals surface area contributed by atoms with Crippen LogP contribution in [0.1, 0.15) is 43.7 Å². The molecule has 142 valence electrons. The fourth-order valence-electron chi connectivity index (χ4n) is 4.05. The molecule has 1 saturated carbocycles. The van der Waals surface area contributed by atoms with E-state index in [9.17, 15) is 14.7 Å². The summed E-state index contributed by atoms with van der Waals surface area (Å²) in [6.45, 7) is 0.752. The lowest BCUT2D eigenvalue weighted by Crippen LogP contribution is -2.47. The third-order valence-corrected chi connectivity index (χ3v) is 5.66. The summed E-state index contributed by atoms with van der Waals surface area (Å²) in [6, 6.07) is 9.75. The number of aliphatic hydroxyl groups is 1. The summed E-state index contributed by atoms with van der Waals surface area (Å²) in [6.07, 6.45) is 5.23. The van der Waals surface area contributed by atoms with E-state index in [1.165, 1.54) is 0 Å². The number of piperidine rings is 1. The van der Waals surface area contributed by atoms with Gasteiger partial charge in [0.1, 0.15) is 0 Å². The minimum absolute atomic E-state index is 0.0550. The average Bonchev–Trinajstić information content (AvgIpc) is 2.65. The Morgan fingerprint density at radius 3 is 2.89 bits per heavy atom. The topological polar surface area (TPSA) is 82.5 Å². The van der Waals surface area contributed by atoms with Crippen molar-refractivity contribution < 1.29 is 14.7 Å². The lowest BCUT2D eigenvalue weighted by molar-refractivity contribution is -0.138. The van der Waals surface area contributed by atoms with E-state index in [2.05, 4.69) is 16.4 Å². The third kappa shape index (κ3) is 3.95. The van der Waals surface area contributed by atoms with Gasteiger partial charge in [0.05, 0.1) is 24.2 Å². The highest BCUT2D eigenvalue weighted by Gasteiger charge is 2.36. The van der Waals surface area contributed by atoms with Crippen molar-refractivity contribution in [1.29, 1.82) is 0 Å². The summed E-state index contributed by atoms with van der Waals surface area (Å²) in [5.74, 6) is 0.0909. The fraction of sp³-hybridized carbons (Fsp3) is 0.476. The van der Waals surface area contributed by atoms with Gasteiger partial charge in [-0.2, -0.15) is 0 Å². The lowest BCUT2D eigenvalue weighted by Gasteiger charge is -2.38. The molecule has 2 fully saturated rings. The number of hydrogen-bond donors (Lipinski definition) is 2. The highest BCUT2D eigenvalue weighted by molar-refractivity contribution is 5.85. The Balaban J connectivity index is 1.51. The van der Waals surface area contributed by atoms with E-state index in [1.807, 2.05) is 30.5 Å². The molecule has 1 aromatic carbocycles. The van der Waals surface area contributed by atoms with Gasteiger partial charge in [-0.05, 0) is 49.3 Å². The van der Waals surface area contributed by atoms with Gasteiger partial charge in [-0.25, -0.2) is 0 Å². The normalized spacial score (nSPS) is 23.7. The third-order valence-electron chi connectivity index (χ3n) is 5.66. The van der Waals surface area contributed by atoms with Crippen LogP contribution >= 0.6 is 0 Å². The van der Waals surface area contributed by atoms with Crippen LogP contribution in [0.15, 0.2) is 36.5 Å². The highest BCUT2D eigenvalue weighted by Crippen LogP contribution is 2.38. The number of aromatic nitrogens is 1. The van der Waals surface area contributed by atoms with Crippen molar-refractivity contribution in [1.82, 2.24) is 15.2 Å². The van der Waals surface area contributed by atoms with Crippen molar-refractivity contribution in [3.05, 3.63) is 42.1 Å². The molecule has 2 aliphatic rings. The molecule has 4 rings (SSSR count). The molecule has 1 aliphatic carbocycles. The van der Waals surface area contributed by atoms with Crippen LogP contribution in [-0.2, 0) is 9.59 Å². The second-order valence-corrected chi connectivity index (χ2v) is 7.66. The minimum Gasteiger partial charge on any atom is -0.393 e. The van der Waals surface area contributed by atoms with Gasteiger partial charge in [-0.3, -0.25) is 14.6 Å². The molecule has 2 N–H and O–H groups in total. The number of benzene rings is 1. The van der Waals surface area contributed by atoms with E-state index in [0.717, 1.165) is 29.3 Å². The lowest BCUT2D eigenvalue weighted by atomic mass is 9.75. The molecule has 2 aromatic rings. The van der Waals surface area contributed by atoms with E-state index in [0.29, 0.717) is 25.8 Å². The zero-order valence-electron chi connectivity index (χ0n) is 15.3. The molecular weight excluding hydrogens is 342 g/mol. The van der Waals surface area contributed by atoms with Crippen molar-refractivity contribution in [2.75, 3.05) is 13.1 Å². The zero-order valence-corrected chi connectivity index (χ0v) is 15.3. The Hall–Kier alpha value is -2.47. The Labute approximate surface area is 158 Å². The molecule has 0 spiro atoms. The minimum atomic E-state index is -0.300. The molecule has 1 aromatic heterocycles. The standard InChI is InChI=1S/C21H25N3O3/c25-17-10-15(11-17)21(16-9-14-5-1-2-6-18(14)22-12-16)23-19(26)13-24-8-4-3-7-20(24)27/h1-2,5-6,9,12,15,17,21,25H,3-4,7-8,10-11,13H2,(H,23,26)/t15?,17?,21-/m0/s1. The quantitative estimate of drug-likeness (QED) is 0.849. The fourth-order valence-corrected chi connectivity index (χ4v) is 4.05. The maximum Gasteiger partial charge on any atom is 0.240 e. The van der Waals surface area contributed by atoms with Crippen molar-refractivity contribution >= 4 is 22.7 Å². The number of carbonyl (C=O) groups is 2. The maximum absolute atomic E-state index is 12.6. The van der Waals surface area contributed by atoms with Gasteiger partial charge in [-0.1, -0.05) is 18.2 Å². The SMILES string of the molecule is O=C(CN1CCCCC1=O)N[C@H](c1cnc2ccccc2c1)C1CC(O)C1. The van der Waals surface area contributed by atoms with E-state index >= 15 is 0 Å². The summed E-state index contributed by atoms with van der Waals surface area (Å²) in [7, 11) is 0. The first kappa shape index (κ1) is 17.9.